The van der Waals surface area contributed by atoms with E-state index in [0.29, 0.717) is 23.7 Å². The molecule has 5 nitrogen and oxygen atoms in total. The van der Waals surface area contributed by atoms with Crippen LogP contribution in [-0.2, 0) is 4.79 Å². The number of rotatable bonds is 4. The summed E-state index contributed by atoms with van der Waals surface area (Å²) in [5.41, 5.74) is 0.0455. The van der Waals surface area contributed by atoms with Gasteiger partial charge in [0.2, 0.25) is 0 Å². The smallest absolute Gasteiger partial charge is 0.332 e. The van der Waals surface area contributed by atoms with E-state index in [-0.39, 0.29) is 41.3 Å². The van der Waals surface area contributed by atoms with Crippen molar-refractivity contribution >= 4 is 5.97 Å². The summed E-state index contributed by atoms with van der Waals surface area (Å²) in [5, 5.41) is 40.7. The van der Waals surface area contributed by atoms with E-state index in [1.165, 1.54) is 12.8 Å². The summed E-state index contributed by atoms with van der Waals surface area (Å²) in [4.78, 5) is 11.1. The Morgan fingerprint density at radius 3 is 2.45 bits per heavy atom. The van der Waals surface area contributed by atoms with Crippen molar-refractivity contribution in [3.8, 4) is 0 Å². The van der Waals surface area contributed by atoms with Gasteiger partial charge < -0.3 is 20.4 Å². The fourth-order valence-corrected chi connectivity index (χ4v) is 8.78. The van der Waals surface area contributed by atoms with Crippen LogP contribution in [0.25, 0.3) is 0 Å². The quantitative estimate of drug-likeness (QED) is 0.571. The second-order valence-corrected chi connectivity index (χ2v) is 11.5. The third kappa shape index (κ3) is 3.27. The first-order chi connectivity index (χ1) is 13.6. The van der Waals surface area contributed by atoms with Crippen LogP contribution < -0.4 is 0 Å². The highest BCUT2D eigenvalue weighted by Gasteiger charge is 2.63. The minimum absolute atomic E-state index is 0.0825. The van der Waals surface area contributed by atoms with Crippen molar-refractivity contribution in [2.75, 3.05) is 0 Å². The molecule has 4 rings (SSSR count). The van der Waals surface area contributed by atoms with E-state index in [1.54, 1.807) is 0 Å². The maximum absolute atomic E-state index is 11.5. The van der Waals surface area contributed by atoms with Gasteiger partial charge >= 0.3 is 5.97 Å². The van der Waals surface area contributed by atoms with E-state index in [4.69, 9.17) is 5.11 Å². The molecule has 0 bridgehead atoms. The third-order valence-corrected chi connectivity index (χ3v) is 10.4. The lowest BCUT2D eigenvalue weighted by Gasteiger charge is -2.62. The lowest BCUT2D eigenvalue weighted by molar-refractivity contribution is -0.176. The van der Waals surface area contributed by atoms with Crippen molar-refractivity contribution in [2.24, 2.45) is 46.3 Å². The van der Waals surface area contributed by atoms with E-state index in [1.807, 2.05) is 0 Å². The van der Waals surface area contributed by atoms with E-state index in [9.17, 15) is 20.1 Å². The minimum Gasteiger partial charge on any atom is -0.479 e. The number of carboxylic acids is 1. The van der Waals surface area contributed by atoms with Gasteiger partial charge in [0.1, 0.15) is 0 Å². The third-order valence-electron chi connectivity index (χ3n) is 10.4. The number of fused-ring (bicyclic) bond motifs is 5. The lowest BCUT2D eigenvalue weighted by Crippen LogP contribution is -2.58. The molecule has 0 heterocycles. The summed E-state index contributed by atoms with van der Waals surface area (Å²) >= 11 is 0. The second kappa shape index (κ2) is 7.49. The fraction of sp³-hybridized carbons (Fsp3) is 0.958. The van der Waals surface area contributed by atoms with Crippen molar-refractivity contribution < 1.29 is 25.2 Å². The van der Waals surface area contributed by atoms with Crippen LogP contribution in [0.5, 0.6) is 0 Å². The number of carbonyl (C=O) groups is 1. The minimum atomic E-state index is -1.32. The monoisotopic (exact) mass is 408 g/mol. The standard InChI is InChI=1S/C24H40O5/c1-13(10-20(26)22(28)29)17-6-7-18-16-5-4-14-11-15(25)8-9-23(14,2)19(16)12-21(27)24(17,18)3/h13-21,25-27H,4-12H2,1-3H3,(H,28,29)/t13-,14-,15-,16+,17-,18+,19+,20+,21+,23+,24-/m1/s1. The zero-order valence-electron chi connectivity index (χ0n) is 18.3. The van der Waals surface area contributed by atoms with Gasteiger partial charge in [-0.15, -0.1) is 0 Å². The maximum atomic E-state index is 11.5. The summed E-state index contributed by atoms with van der Waals surface area (Å²) in [6.45, 7) is 6.73. The summed E-state index contributed by atoms with van der Waals surface area (Å²) < 4.78 is 0. The first-order valence-electron chi connectivity index (χ1n) is 11.9. The molecular weight excluding hydrogens is 368 g/mol. The molecule has 29 heavy (non-hydrogen) atoms. The Labute approximate surface area is 174 Å². The molecule has 166 valence electrons. The molecule has 0 spiro atoms. The average molecular weight is 409 g/mol. The maximum Gasteiger partial charge on any atom is 0.332 e. The zero-order chi connectivity index (χ0) is 21.1. The summed E-state index contributed by atoms with van der Waals surface area (Å²) in [6, 6.07) is 0. The SMILES string of the molecule is C[C@H](C[C@H](O)C(=O)O)[C@H]1CC[C@H]2[C@@H]3CC[C@@H]4C[C@H](O)CC[C@]4(C)[C@H]3C[C@H](O)[C@]12C. The molecule has 11 atom stereocenters. The van der Waals surface area contributed by atoms with Gasteiger partial charge in [-0.05, 0) is 104 Å². The normalized spacial score (nSPS) is 51.4. The van der Waals surface area contributed by atoms with Crippen molar-refractivity contribution in [1.82, 2.24) is 0 Å². The van der Waals surface area contributed by atoms with E-state index < -0.39 is 12.1 Å². The molecular formula is C24H40O5. The summed E-state index contributed by atoms with van der Waals surface area (Å²) in [6.07, 6.45) is 6.67. The highest BCUT2D eigenvalue weighted by molar-refractivity contribution is 5.71. The molecule has 0 aromatic rings. The Kier molecular flexibility index (Phi) is 5.57. The molecule has 0 aliphatic heterocycles. The summed E-state index contributed by atoms with van der Waals surface area (Å²) in [7, 11) is 0. The largest absolute Gasteiger partial charge is 0.479 e. The van der Waals surface area contributed by atoms with Crippen LogP contribution in [0, 0.1) is 46.3 Å². The van der Waals surface area contributed by atoms with Gasteiger partial charge in [0, 0.05) is 0 Å². The molecule has 5 heteroatoms. The van der Waals surface area contributed by atoms with E-state index >= 15 is 0 Å². The van der Waals surface area contributed by atoms with Gasteiger partial charge in [0.25, 0.3) is 0 Å². The molecule has 4 N–H and O–H groups in total. The molecule has 4 fully saturated rings. The van der Waals surface area contributed by atoms with Crippen LogP contribution in [0.4, 0.5) is 0 Å². The number of carboxylic acid groups (broad SMARTS) is 1. The first-order valence-corrected chi connectivity index (χ1v) is 11.9. The van der Waals surface area contributed by atoms with Crippen molar-refractivity contribution in [2.45, 2.75) is 96.9 Å². The van der Waals surface area contributed by atoms with Crippen molar-refractivity contribution in [3.63, 3.8) is 0 Å². The van der Waals surface area contributed by atoms with Crippen LogP contribution in [0.15, 0.2) is 0 Å². The molecule has 0 unspecified atom stereocenters. The molecule has 4 aliphatic carbocycles. The predicted molar refractivity (Wildman–Crippen MR) is 110 cm³/mol. The summed E-state index contributed by atoms with van der Waals surface area (Å²) in [5.74, 6) is 1.41. The lowest BCUT2D eigenvalue weighted by atomic mass is 9.43. The number of hydrogen-bond donors (Lipinski definition) is 4. The Morgan fingerprint density at radius 2 is 1.76 bits per heavy atom. The highest BCUT2D eigenvalue weighted by Crippen LogP contribution is 2.68. The molecule has 0 amide bonds. The van der Waals surface area contributed by atoms with Crippen LogP contribution in [0.2, 0.25) is 0 Å². The fourth-order valence-electron chi connectivity index (χ4n) is 8.78. The number of hydrogen-bond acceptors (Lipinski definition) is 4. The van der Waals surface area contributed by atoms with Crippen LogP contribution >= 0.6 is 0 Å². The molecule has 0 aromatic heterocycles. The molecule has 4 aliphatic rings. The van der Waals surface area contributed by atoms with Crippen LogP contribution in [0.1, 0.15) is 78.6 Å². The van der Waals surface area contributed by atoms with Crippen LogP contribution in [0.3, 0.4) is 0 Å². The number of aliphatic hydroxyl groups is 3. The van der Waals surface area contributed by atoms with Gasteiger partial charge in [-0.2, -0.15) is 0 Å². The number of aliphatic carboxylic acids is 1. The molecule has 0 saturated heterocycles. The molecule has 4 saturated carbocycles. The number of aliphatic hydroxyl groups excluding tert-OH is 3. The molecule has 0 radical (unpaired) electrons. The van der Waals surface area contributed by atoms with Crippen molar-refractivity contribution in [3.05, 3.63) is 0 Å². The molecule has 0 aromatic carbocycles. The van der Waals surface area contributed by atoms with Gasteiger partial charge in [-0.3, -0.25) is 0 Å². The highest BCUT2D eigenvalue weighted by atomic mass is 16.4. The van der Waals surface area contributed by atoms with E-state index in [0.717, 1.165) is 38.5 Å². The van der Waals surface area contributed by atoms with Gasteiger partial charge in [0.15, 0.2) is 6.10 Å². The predicted octanol–water partition coefficient (Wildman–Crippen LogP) is 3.45. The van der Waals surface area contributed by atoms with Crippen LogP contribution in [-0.4, -0.2) is 44.7 Å². The first kappa shape index (κ1) is 21.6. The van der Waals surface area contributed by atoms with E-state index in [2.05, 4.69) is 20.8 Å². The zero-order valence-corrected chi connectivity index (χ0v) is 18.3. The average Bonchev–Trinajstić information content (AvgIpc) is 3.02. The van der Waals surface area contributed by atoms with Gasteiger partial charge in [0.05, 0.1) is 12.2 Å². The second-order valence-electron chi connectivity index (χ2n) is 11.5. The Balaban J connectivity index is 1.57. The van der Waals surface area contributed by atoms with Crippen molar-refractivity contribution in [1.29, 1.82) is 0 Å². The topological polar surface area (TPSA) is 98.0 Å². The Hall–Kier alpha value is -0.650. The van der Waals surface area contributed by atoms with Gasteiger partial charge in [-0.25, -0.2) is 4.79 Å². The Bertz CT molecular complexity index is 637. The Morgan fingerprint density at radius 1 is 1.03 bits per heavy atom. The van der Waals surface area contributed by atoms with Gasteiger partial charge in [-0.1, -0.05) is 20.8 Å².